The van der Waals surface area contributed by atoms with Crippen LogP contribution in [0.5, 0.6) is 0 Å². The molecule has 1 aromatic heterocycles. The Hall–Kier alpha value is -0.520. The zero-order valence-electron chi connectivity index (χ0n) is 7.67. The van der Waals surface area contributed by atoms with E-state index < -0.39 is 19.1 Å². The summed E-state index contributed by atoms with van der Waals surface area (Å²) in [6.45, 7) is -1.05. The molecule has 2 N–H and O–H groups in total. The molecule has 1 heterocycles. The summed E-state index contributed by atoms with van der Waals surface area (Å²) >= 11 is 1.61. The second-order valence-corrected chi connectivity index (χ2v) is 4.05. The van der Waals surface area contributed by atoms with Crippen molar-refractivity contribution in [1.82, 2.24) is 5.32 Å². The van der Waals surface area contributed by atoms with Crippen LogP contribution in [-0.2, 0) is 6.42 Å². The van der Waals surface area contributed by atoms with E-state index in [1.165, 1.54) is 4.88 Å². The normalized spacial score (nSPS) is 11.9. The first-order valence-corrected chi connectivity index (χ1v) is 5.24. The molecule has 0 aliphatic rings. The number of halogens is 2. The molecule has 80 valence electrons. The highest BCUT2D eigenvalue weighted by Gasteiger charge is 2.26. The van der Waals surface area contributed by atoms with Crippen molar-refractivity contribution in [3.8, 4) is 0 Å². The number of aliphatic hydroxyl groups is 1. The molecule has 2 nitrogen and oxygen atoms in total. The highest BCUT2D eigenvalue weighted by atomic mass is 32.1. The lowest BCUT2D eigenvalue weighted by Crippen LogP contribution is -2.36. The van der Waals surface area contributed by atoms with Gasteiger partial charge in [0.2, 0.25) is 0 Å². The quantitative estimate of drug-likeness (QED) is 0.714. The zero-order chi connectivity index (χ0) is 10.4. The maximum Gasteiger partial charge on any atom is 0.282 e. The number of nitrogens with one attached hydrogen (secondary N) is 1. The van der Waals surface area contributed by atoms with Crippen molar-refractivity contribution in [2.24, 2.45) is 0 Å². The van der Waals surface area contributed by atoms with Crippen LogP contribution < -0.4 is 5.32 Å². The van der Waals surface area contributed by atoms with Gasteiger partial charge >= 0.3 is 0 Å². The summed E-state index contributed by atoms with van der Waals surface area (Å²) in [5.41, 5.74) is 0. The first kappa shape index (κ1) is 11.6. The molecular formula is C9H13F2NOS. The van der Waals surface area contributed by atoms with Gasteiger partial charge in [0, 0.05) is 11.4 Å². The SMILES string of the molecule is OCC(F)(F)CNCCc1cccs1. The maximum atomic E-state index is 12.5. The predicted molar refractivity (Wildman–Crippen MR) is 52.9 cm³/mol. The minimum Gasteiger partial charge on any atom is -0.390 e. The largest absolute Gasteiger partial charge is 0.390 e. The lowest BCUT2D eigenvalue weighted by Gasteiger charge is -2.13. The number of thiophene rings is 1. The predicted octanol–water partition coefficient (Wildman–Crippen LogP) is 1.51. The van der Waals surface area contributed by atoms with Gasteiger partial charge in [0.1, 0.15) is 6.61 Å². The molecule has 0 aliphatic carbocycles. The first-order chi connectivity index (χ1) is 6.64. The second kappa shape index (κ2) is 5.38. The van der Waals surface area contributed by atoms with Crippen LogP contribution in [0, 0.1) is 0 Å². The van der Waals surface area contributed by atoms with Gasteiger partial charge in [0.15, 0.2) is 0 Å². The fourth-order valence-electron chi connectivity index (χ4n) is 0.994. The Bertz CT molecular complexity index is 251. The summed E-state index contributed by atoms with van der Waals surface area (Å²) in [4.78, 5) is 1.17. The fraction of sp³-hybridized carbons (Fsp3) is 0.556. The van der Waals surface area contributed by atoms with Crippen molar-refractivity contribution in [3.63, 3.8) is 0 Å². The topological polar surface area (TPSA) is 32.3 Å². The molecule has 5 heteroatoms. The Morgan fingerprint density at radius 3 is 2.86 bits per heavy atom. The Labute approximate surface area is 85.6 Å². The first-order valence-electron chi connectivity index (χ1n) is 4.36. The molecule has 0 unspecified atom stereocenters. The van der Waals surface area contributed by atoms with E-state index in [-0.39, 0.29) is 0 Å². The van der Waals surface area contributed by atoms with E-state index in [2.05, 4.69) is 5.32 Å². The highest BCUT2D eigenvalue weighted by molar-refractivity contribution is 7.09. The van der Waals surface area contributed by atoms with E-state index in [0.717, 1.165) is 6.42 Å². The van der Waals surface area contributed by atoms with Crippen molar-refractivity contribution in [3.05, 3.63) is 22.4 Å². The summed E-state index contributed by atoms with van der Waals surface area (Å²) in [5.74, 6) is -3.00. The molecule has 0 radical (unpaired) electrons. The molecular weight excluding hydrogens is 208 g/mol. The summed E-state index contributed by atoms with van der Waals surface area (Å²) < 4.78 is 25.0. The van der Waals surface area contributed by atoms with Crippen molar-refractivity contribution < 1.29 is 13.9 Å². The van der Waals surface area contributed by atoms with Crippen LogP contribution in [-0.4, -0.2) is 30.7 Å². The van der Waals surface area contributed by atoms with E-state index in [1.807, 2.05) is 17.5 Å². The number of aliphatic hydroxyl groups excluding tert-OH is 1. The molecule has 0 aromatic carbocycles. The number of rotatable bonds is 6. The van der Waals surface area contributed by atoms with Gasteiger partial charge in [0.05, 0.1) is 6.54 Å². The van der Waals surface area contributed by atoms with Crippen LogP contribution in [0.2, 0.25) is 0 Å². The molecule has 0 saturated carbocycles. The monoisotopic (exact) mass is 221 g/mol. The average molecular weight is 221 g/mol. The van der Waals surface area contributed by atoms with Gasteiger partial charge in [-0.2, -0.15) is 0 Å². The van der Waals surface area contributed by atoms with Crippen molar-refractivity contribution in [2.75, 3.05) is 19.7 Å². The van der Waals surface area contributed by atoms with Gasteiger partial charge in [0.25, 0.3) is 5.92 Å². The van der Waals surface area contributed by atoms with Crippen molar-refractivity contribution >= 4 is 11.3 Å². The van der Waals surface area contributed by atoms with E-state index in [1.54, 1.807) is 11.3 Å². The molecule has 0 saturated heterocycles. The lowest BCUT2D eigenvalue weighted by molar-refractivity contribution is -0.0473. The van der Waals surface area contributed by atoms with Crippen LogP contribution in [0.25, 0.3) is 0 Å². The molecule has 1 aromatic rings. The zero-order valence-corrected chi connectivity index (χ0v) is 8.49. The number of alkyl halides is 2. The third-order valence-electron chi connectivity index (χ3n) is 1.74. The number of hydrogen-bond acceptors (Lipinski definition) is 3. The van der Waals surface area contributed by atoms with E-state index in [4.69, 9.17) is 5.11 Å². The molecule has 14 heavy (non-hydrogen) atoms. The lowest BCUT2D eigenvalue weighted by atomic mass is 10.3. The van der Waals surface area contributed by atoms with Crippen molar-refractivity contribution in [2.45, 2.75) is 12.3 Å². The van der Waals surface area contributed by atoms with E-state index >= 15 is 0 Å². The standard InChI is InChI=1S/C9H13F2NOS/c10-9(11,7-13)6-12-4-3-8-2-1-5-14-8/h1-2,5,12-13H,3-4,6-7H2. The van der Waals surface area contributed by atoms with E-state index in [0.29, 0.717) is 6.54 Å². The van der Waals surface area contributed by atoms with Crippen LogP contribution in [0.1, 0.15) is 4.88 Å². The van der Waals surface area contributed by atoms with Crippen LogP contribution in [0.3, 0.4) is 0 Å². The third kappa shape index (κ3) is 4.13. The smallest absolute Gasteiger partial charge is 0.282 e. The fourth-order valence-corrected chi connectivity index (χ4v) is 1.70. The molecule has 0 aliphatic heterocycles. The maximum absolute atomic E-state index is 12.5. The Morgan fingerprint density at radius 1 is 1.50 bits per heavy atom. The molecule has 0 fully saturated rings. The highest BCUT2D eigenvalue weighted by Crippen LogP contribution is 2.11. The van der Waals surface area contributed by atoms with Crippen LogP contribution in [0.15, 0.2) is 17.5 Å². The Balaban J connectivity index is 2.11. The minimum atomic E-state index is -3.00. The second-order valence-electron chi connectivity index (χ2n) is 3.02. The summed E-state index contributed by atoms with van der Waals surface area (Å²) in [6.07, 6.45) is 0.749. The Morgan fingerprint density at radius 2 is 2.29 bits per heavy atom. The van der Waals surface area contributed by atoms with Crippen LogP contribution in [0.4, 0.5) is 8.78 Å². The van der Waals surface area contributed by atoms with Gasteiger partial charge in [-0.1, -0.05) is 6.07 Å². The van der Waals surface area contributed by atoms with Gasteiger partial charge in [-0.3, -0.25) is 0 Å². The summed E-state index contributed by atoms with van der Waals surface area (Å²) in [7, 11) is 0. The molecule has 0 bridgehead atoms. The molecule has 0 spiro atoms. The number of hydrogen-bond donors (Lipinski definition) is 2. The summed E-state index contributed by atoms with van der Waals surface area (Å²) in [5, 5.41) is 12.9. The van der Waals surface area contributed by atoms with Gasteiger partial charge in [-0.25, -0.2) is 8.78 Å². The van der Waals surface area contributed by atoms with Gasteiger partial charge in [-0.15, -0.1) is 11.3 Å². The van der Waals surface area contributed by atoms with Crippen LogP contribution >= 0.6 is 11.3 Å². The molecule has 1 rings (SSSR count). The Kier molecular flexibility index (Phi) is 4.44. The minimum absolute atomic E-state index is 0.463. The van der Waals surface area contributed by atoms with Gasteiger partial charge < -0.3 is 10.4 Å². The molecule has 0 atom stereocenters. The van der Waals surface area contributed by atoms with Gasteiger partial charge in [-0.05, 0) is 17.9 Å². The van der Waals surface area contributed by atoms with Crippen molar-refractivity contribution in [1.29, 1.82) is 0 Å². The molecule has 0 amide bonds. The third-order valence-corrected chi connectivity index (χ3v) is 2.68. The summed E-state index contributed by atoms with van der Waals surface area (Å²) in [6, 6.07) is 3.90. The average Bonchev–Trinajstić information content (AvgIpc) is 2.65. The van der Waals surface area contributed by atoms with E-state index in [9.17, 15) is 8.78 Å².